The molecule has 13 heavy (non-hydrogen) atoms. The van der Waals surface area contributed by atoms with Gasteiger partial charge in [0.05, 0.1) is 13.1 Å². The van der Waals surface area contributed by atoms with Crippen LogP contribution in [0.2, 0.25) is 0 Å². The first kappa shape index (κ1) is 9.88. The summed E-state index contributed by atoms with van der Waals surface area (Å²) in [6.45, 7) is 0.568. The molecule has 1 fully saturated rings. The predicted octanol–water partition coefficient (Wildman–Crippen LogP) is -0.402. The number of nitrogens with zero attached hydrogens (tertiary/aromatic N) is 1. The SMILES string of the molecule is CC1C(=O)NCC(=O)N1CC(F)F. The Bertz CT molecular complexity index is 233. The van der Waals surface area contributed by atoms with E-state index in [-0.39, 0.29) is 12.5 Å². The van der Waals surface area contributed by atoms with E-state index < -0.39 is 24.9 Å². The van der Waals surface area contributed by atoms with Gasteiger partial charge in [-0.15, -0.1) is 0 Å². The molecule has 0 spiro atoms. The zero-order chi connectivity index (χ0) is 10.0. The first-order chi connectivity index (χ1) is 6.02. The molecule has 1 aliphatic rings. The molecule has 0 saturated carbocycles. The van der Waals surface area contributed by atoms with Crippen LogP contribution in [-0.2, 0) is 9.59 Å². The van der Waals surface area contributed by atoms with Crippen molar-refractivity contribution in [2.24, 2.45) is 0 Å². The van der Waals surface area contributed by atoms with Crippen LogP contribution in [0.15, 0.2) is 0 Å². The van der Waals surface area contributed by atoms with Crippen LogP contribution in [0, 0.1) is 0 Å². The maximum Gasteiger partial charge on any atom is 0.255 e. The summed E-state index contributed by atoms with van der Waals surface area (Å²) in [6, 6.07) is -0.796. The summed E-state index contributed by atoms with van der Waals surface area (Å²) in [5.74, 6) is -0.854. The van der Waals surface area contributed by atoms with Crippen molar-refractivity contribution in [2.45, 2.75) is 19.4 Å². The Labute approximate surface area is 73.9 Å². The first-order valence-corrected chi connectivity index (χ1v) is 3.87. The molecule has 1 rings (SSSR count). The van der Waals surface area contributed by atoms with Crippen LogP contribution in [0.1, 0.15) is 6.92 Å². The summed E-state index contributed by atoms with van der Waals surface area (Å²) in [4.78, 5) is 22.9. The van der Waals surface area contributed by atoms with E-state index in [2.05, 4.69) is 5.32 Å². The number of alkyl halides is 2. The molecule has 1 aliphatic heterocycles. The van der Waals surface area contributed by atoms with Gasteiger partial charge < -0.3 is 10.2 Å². The van der Waals surface area contributed by atoms with Gasteiger partial charge in [-0.1, -0.05) is 0 Å². The highest BCUT2D eigenvalue weighted by Crippen LogP contribution is 2.07. The molecule has 1 N–H and O–H groups in total. The number of nitrogens with one attached hydrogen (secondary N) is 1. The minimum Gasteiger partial charge on any atom is -0.345 e. The Balaban J connectivity index is 2.66. The van der Waals surface area contributed by atoms with Crippen LogP contribution in [0.5, 0.6) is 0 Å². The molecule has 2 amide bonds. The van der Waals surface area contributed by atoms with Gasteiger partial charge in [0.25, 0.3) is 6.43 Å². The standard InChI is InChI=1S/C7H10F2N2O2/c1-4-7(13)10-2-6(12)11(4)3-5(8)9/h4-5H,2-3H2,1H3,(H,10,13). The van der Waals surface area contributed by atoms with Crippen molar-refractivity contribution in [2.75, 3.05) is 13.1 Å². The van der Waals surface area contributed by atoms with Crippen molar-refractivity contribution in [1.29, 1.82) is 0 Å². The fraction of sp³-hybridized carbons (Fsp3) is 0.714. The van der Waals surface area contributed by atoms with E-state index in [4.69, 9.17) is 0 Å². The second-order valence-electron chi connectivity index (χ2n) is 2.83. The molecular formula is C7H10F2N2O2. The van der Waals surface area contributed by atoms with Gasteiger partial charge in [0.15, 0.2) is 0 Å². The Morgan fingerprint density at radius 3 is 2.77 bits per heavy atom. The molecular weight excluding hydrogens is 182 g/mol. The lowest BCUT2D eigenvalue weighted by molar-refractivity contribution is -0.146. The topological polar surface area (TPSA) is 49.4 Å². The molecule has 4 nitrogen and oxygen atoms in total. The fourth-order valence-corrected chi connectivity index (χ4v) is 1.18. The Kier molecular flexibility index (Phi) is 2.79. The van der Waals surface area contributed by atoms with Crippen LogP contribution < -0.4 is 5.32 Å². The quantitative estimate of drug-likeness (QED) is 0.647. The van der Waals surface area contributed by atoms with E-state index in [0.29, 0.717) is 0 Å². The second-order valence-corrected chi connectivity index (χ2v) is 2.83. The summed E-state index contributed by atoms with van der Waals surface area (Å²) in [5, 5.41) is 2.31. The van der Waals surface area contributed by atoms with Crippen molar-refractivity contribution >= 4 is 11.8 Å². The number of hydrogen-bond donors (Lipinski definition) is 1. The van der Waals surface area contributed by atoms with Crippen molar-refractivity contribution in [3.05, 3.63) is 0 Å². The van der Waals surface area contributed by atoms with E-state index >= 15 is 0 Å². The number of halogens is 2. The summed E-state index contributed by atoms with van der Waals surface area (Å²) >= 11 is 0. The minimum absolute atomic E-state index is 0.185. The number of carbonyl (C=O) groups is 2. The largest absolute Gasteiger partial charge is 0.345 e. The molecule has 1 heterocycles. The Morgan fingerprint density at radius 2 is 2.23 bits per heavy atom. The number of carbonyl (C=O) groups excluding carboxylic acids is 2. The number of rotatable bonds is 2. The Hall–Kier alpha value is -1.20. The monoisotopic (exact) mass is 192 g/mol. The minimum atomic E-state index is -2.60. The van der Waals surface area contributed by atoms with Crippen LogP contribution in [0.25, 0.3) is 0 Å². The molecule has 0 aliphatic carbocycles. The summed E-state index contributed by atoms with van der Waals surface area (Å²) in [5.41, 5.74) is 0. The number of hydrogen-bond acceptors (Lipinski definition) is 2. The maximum absolute atomic E-state index is 12.0. The molecule has 0 aromatic rings. The average Bonchev–Trinajstić information content (AvgIpc) is 2.05. The number of piperazine rings is 1. The third-order valence-electron chi connectivity index (χ3n) is 1.92. The van der Waals surface area contributed by atoms with Crippen LogP contribution in [0.3, 0.4) is 0 Å². The molecule has 1 atom stereocenters. The van der Waals surface area contributed by atoms with Gasteiger partial charge in [0.1, 0.15) is 6.04 Å². The molecule has 74 valence electrons. The van der Waals surface area contributed by atoms with Crippen molar-refractivity contribution < 1.29 is 18.4 Å². The molecule has 0 aromatic heterocycles. The first-order valence-electron chi connectivity index (χ1n) is 3.87. The third kappa shape index (κ3) is 2.13. The van der Waals surface area contributed by atoms with E-state index in [1.807, 2.05) is 0 Å². The molecule has 6 heteroatoms. The highest BCUT2D eigenvalue weighted by Gasteiger charge is 2.32. The lowest BCUT2D eigenvalue weighted by atomic mass is 10.2. The molecule has 0 aromatic carbocycles. The van der Waals surface area contributed by atoms with Crippen LogP contribution >= 0.6 is 0 Å². The number of amides is 2. The van der Waals surface area contributed by atoms with Gasteiger partial charge in [-0.3, -0.25) is 9.59 Å². The zero-order valence-electron chi connectivity index (χ0n) is 7.09. The van der Waals surface area contributed by atoms with E-state index in [0.717, 1.165) is 4.90 Å². The van der Waals surface area contributed by atoms with E-state index in [1.54, 1.807) is 0 Å². The predicted molar refractivity (Wildman–Crippen MR) is 40.2 cm³/mol. The second kappa shape index (κ2) is 3.68. The van der Waals surface area contributed by atoms with Crippen LogP contribution in [0.4, 0.5) is 8.78 Å². The molecule has 1 saturated heterocycles. The normalized spacial score (nSPS) is 23.7. The van der Waals surface area contributed by atoms with Crippen molar-refractivity contribution in [3.63, 3.8) is 0 Å². The van der Waals surface area contributed by atoms with Crippen molar-refractivity contribution in [3.8, 4) is 0 Å². The van der Waals surface area contributed by atoms with Crippen LogP contribution in [-0.4, -0.2) is 42.3 Å². The van der Waals surface area contributed by atoms with Gasteiger partial charge in [-0.2, -0.15) is 0 Å². The smallest absolute Gasteiger partial charge is 0.255 e. The Morgan fingerprint density at radius 1 is 1.62 bits per heavy atom. The fourth-order valence-electron chi connectivity index (χ4n) is 1.18. The molecule has 0 radical (unpaired) electrons. The van der Waals surface area contributed by atoms with Gasteiger partial charge in [-0.05, 0) is 6.92 Å². The highest BCUT2D eigenvalue weighted by atomic mass is 19.3. The van der Waals surface area contributed by atoms with E-state index in [9.17, 15) is 18.4 Å². The van der Waals surface area contributed by atoms with Gasteiger partial charge in [0.2, 0.25) is 11.8 Å². The highest BCUT2D eigenvalue weighted by molar-refractivity contribution is 5.94. The molecule has 0 bridgehead atoms. The maximum atomic E-state index is 12.0. The van der Waals surface area contributed by atoms with Crippen molar-refractivity contribution in [1.82, 2.24) is 10.2 Å². The lowest BCUT2D eigenvalue weighted by Gasteiger charge is -2.32. The third-order valence-corrected chi connectivity index (χ3v) is 1.92. The summed E-state index contributed by atoms with van der Waals surface area (Å²) in [7, 11) is 0. The summed E-state index contributed by atoms with van der Waals surface area (Å²) in [6.07, 6.45) is -2.60. The molecule has 1 unspecified atom stereocenters. The van der Waals surface area contributed by atoms with E-state index in [1.165, 1.54) is 6.92 Å². The lowest BCUT2D eigenvalue weighted by Crippen LogP contribution is -2.58. The van der Waals surface area contributed by atoms with Gasteiger partial charge in [-0.25, -0.2) is 8.78 Å². The summed E-state index contributed by atoms with van der Waals surface area (Å²) < 4.78 is 23.9. The zero-order valence-corrected chi connectivity index (χ0v) is 7.09. The average molecular weight is 192 g/mol. The van der Waals surface area contributed by atoms with Gasteiger partial charge in [0, 0.05) is 0 Å². The van der Waals surface area contributed by atoms with Gasteiger partial charge >= 0.3 is 0 Å².